The number of nitriles is 1. The van der Waals surface area contributed by atoms with Gasteiger partial charge in [-0.3, -0.25) is 5.10 Å². The van der Waals surface area contributed by atoms with Crippen molar-refractivity contribution in [2.45, 2.75) is 20.3 Å². The normalized spacial score (nSPS) is 11.6. The van der Waals surface area contributed by atoms with Crippen molar-refractivity contribution in [3.05, 3.63) is 47.0 Å². The molecule has 7 nitrogen and oxygen atoms in total. The molecule has 0 amide bonds. The van der Waals surface area contributed by atoms with Crippen LogP contribution in [0, 0.1) is 24.2 Å². The SMILES string of the molecule is Cc1cc(-c2ccc(OCC(C)CC#N)cc2)sc1C(=O)Oc1c[nH]nn1. The molecule has 0 bridgehead atoms. The second-order valence-electron chi connectivity index (χ2n) is 6.13. The number of benzene rings is 1. The Morgan fingerprint density at radius 1 is 1.37 bits per heavy atom. The van der Waals surface area contributed by atoms with E-state index < -0.39 is 5.97 Å². The van der Waals surface area contributed by atoms with Gasteiger partial charge in [0.25, 0.3) is 5.88 Å². The third-order valence-electron chi connectivity index (χ3n) is 3.81. The number of carbonyl (C=O) groups excluding carboxylic acids is 1. The van der Waals surface area contributed by atoms with Gasteiger partial charge in [-0.25, -0.2) is 4.79 Å². The number of hydrogen-bond donors (Lipinski definition) is 1. The highest BCUT2D eigenvalue weighted by molar-refractivity contribution is 7.17. The first-order valence-corrected chi connectivity index (χ1v) is 9.17. The minimum atomic E-state index is -0.455. The van der Waals surface area contributed by atoms with E-state index >= 15 is 0 Å². The summed E-state index contributed by atoms with van der Waals surface area (Å²) in [6.07, 6.45) is 1.89. The van der Waals surface area contributed by atoms with Crippen LogP contribution in [0.2, 0.25) is 0 Å². The highest BCUT2D eigenvalue weighted by Gasteiger charge is 2.17. The van der Waals surface area contributed by atoms with Crippen molar-refractivity contribution >= 4 is 17.3 Å². The van der Waals surface area contributed by atoms with Crippen LogP contribution in [0.3, 0.4) is 0 Å². The summed E-state index contributed by atoms with van der Waals surface area (Å²) in [7, 11) is 0. The van der Waals surface area contributed by atoms with Gasteiger partial charge in [0.15, 0.2) is 0 Å². The van der Waals surface area contributed by atoms with Crippen molar-refractivity contribution in [1.82, 2.24) is 15.4 Å². The topological polar surface area (TPSA) is 101 Å². The van der Waals surface area contributed by atoms with E-state index in [1.807, 2.05) is 44.2 Å². The van der Waals surface area contributed by atoms with Crippen molar-refractivity contribution in [3.8, 4) is 28.1 Å². The van der Waals surface area contributed by atoms with Crippen molar-refractivity contribution < 1.29 is 14.3 Å². The number of H-pyrrole nitrogens is 1. The Kier molecular flexibility index (Phi) is 5.84. The second-order valence-corrected chi connectivity index (χ2v) is 7.18. The summed E-state index contributed by atoms with van der Waals surface area (Å²) < 4.78 is 10.9. The number of hydrogen-bond acceptors (Lipinski definition) is 7. The quantitative estimate of drug-likeness (QED) is 0.620. The Bertz CT molecular complexity index is 942. The molecule has 0 aliphatic rings. The first-order chi connectivity index (χ1) is 13.1. The van der Waals surface area contributed by atoms with Crippen molar-refractivity contribution in [2.24, 2.45) is 5.92 Å². The number of thiophene rings is 1. The molecule has 0 aliphatic heterocycles. The summed E-state index contributed by atoms with van der Waals surface area (Å²) in [5, 5.41) is 18.3. The van der Waals surface area contributed by atoms with E-state index in [9.17, 15) is 4.79 Å². The fourth-order valence-electron chi connectivity index (χ4n) is 2.38. The van der Waals surface area contributed by atoms with Crippen LogP contribution in [0.5, 0.6) is 11.6 Å². The number of aryl methyl sites for hydroxylation is 1. The van der Waals surface area contributed by atoms with Gasteiger partial charge in [0, 0.05) is 17.2 Å². The van der Waals surface area contributed by atoms with Gasteiger partial charge in [-0.15, -0.1) is 11.3 Å². The van der Waals surface area contributed by atoms with Gasteiger partial charge in [0.05, 0.1) is 18.9 Å². The van der Waals surface area contributed by atoms with Gasteiger partial charge < -0.3 is 9.47 Å². The molecule has 2 heterocycles. The molecule has 138 valence electrons. The van der Waals surface area contributed by atoms with Crippen LogP contribution in [0.15, 0.2) is 36.5 Å². The fraction of sp³-hybridized carbons (Fsp3) is 0.263. The largest absolute Gasteiger partial charge is 0.493 e. The lowest BCUT2D eigenvalue weighted by Gasteiger charge is -2.10. The smallest absolute Gasteiger partial charge is 0.355 e. The van der Waals surface area contributed by atoms with Gasteiger partial charge in [-0.2, -0.15) is 5.26 Å². The zero-order chi connectivity index (χ0) is 19.2. The summed E-state index contributed by atoms with van der Waals surface area (Å²) in [6, 6.07) is 11.8. The fourth-order valence-corrected chi connectivity index (χ4v) is 3.43. The van der Waals surface area contributed by atoms with Crippen LogP contribution in [-0.4, -0.2) is 28.0 Å². The molecular weight excluding hydrogens is 364 g/mol. The first-order valence-electron chi connectivity index (χ1n) is 8.36. The van der Waals surface area contributed by atoms with Gasteiger partial charge >= 0.3 is 5.97 Å². The van der Waals surface area contributed by atoms with Gasteiger partial charge in [0.2, 0.25) is 0 Å². The van der Waals surface area contributed by atoms with E-state index in [1.54, 1.807) is 0 Å². The lowest BCUT2D eigenvalue weighted by Crippen LogP contribution is -2.07. The van der Waals surface area contributed by atoms with Gasteiger partial charge in [-0.05, 0) is 48.4 Å². The summed E-state index contributed by atoms with van der Waals surface area (Å²) in [5.74, 6) is 0.626. The van der Waals surface area contributed by atoms with E-state index in [2.05, 4.69) is 21.5 Å². The van der Waals surface area contributed by atoms with Crippen LogP contribution < -0.4 is 9.47 Å². The minimum Gasteiger partial charge on any atom is -0.493 e. The minimum absolute atomic E-state index is 0.140. The number of carbonyl (C=O) groups is 1. The van der Waals surface area contributed by atoms with Crippen molar-refractivity contribution in [1.29, 1.82) is 5.26 Å². The maximum Gasteiger partial charge on any atom is 0.355 e. The van der Waals surface area contributed by atoms with E-state index in [-0.39, 0.29) is 11.8 Å². The number of ether oxygens (including phenoxy) is 2. The molecule has 0 saturated carbocycles. The standard InChI is InChI=1S/C19H18N4O3S/c1-12(7-8-20)11-25-15-5-3-14(4-6-15)16-9-13(2)18(27-16)19(24)26-17-10-21-23-22-17/h3-6,9-10,12H,7,11H2,1-2H3,(H,21,22,23). The third-order valence-corrected chi connectivity index (χ3v) is 5.07. The Hall–Kier alpha value is -3.18. The zero-order valence-electron chi connectivity index (χ0n) is 14.9. The molecule has 3 rings (SSSR count). The predicted molar refractivity (Wildman–Crippen MR) is 101 cm³/mol. The van der Waals surface area contributed by atoms with E-state index in [0.717, 1.165) is 21.8 Å². The Labute approximate surface area is 160 Å². The van der Waals surface area contributed by atoms with E-state index in [1.165, 1.54) is 17.5 Å². The van der Waals surface area contributed by atoms with Crippen molar-refractivity contribution in [2.75, 3.05) is 6.61 Å². The highest BCUT2D eigenvalue weighted by atomic mass is 32.1. The molecule has 0 aliphatic carbocycles. The van der Waals surface area contributed by atoms with E-state index in [4.69, 9.17) is 14.7 Å². The summed E-state index contributed by atoms with van der Waals surface area (Å²) in [6.45, 7) is 4.35. The molecule has 0 fully saturated rings. The predicted octanol–water partition coefficient (Wildman–Crippen LogP) is 3.99. The number of rotatable bonds is 7. The first kappa shape index (κ1) is 18.6. The van der Waals surface area contributed by atoms with Crippen molar-refractivity contribution in [3.63, 3.8) is 0 Å². The van der Waals surface area contributed by atoms with Crippen LogP contribution in [-0.2, 0) is 0 Å². The molecule has 1 atom stereocenters. The average Bonchev–Trinajstić information content (AvgIpc) is 3.30. The molecule has 3 aromatic rings. The Morgan fingerprint density at radius 2 is 2.15 bits per heavy atom. The zero-order valence-corrected chi connectivity index (χ0v) is 15.7. The van der Waals surface area contributed by atoms with Crippen LogP contribution in [0.25, 0.3) is 10.4 Å². The molecule has 0 radical (unpaired) electrons. The second kappa shape index (κ2) is 8.47. The number of nitrogens with zero attached hydrogens (tertiary/aromatic N) is 3. The molecule has 1 unspecified atom stereocenters. The van der Waals surface area contributed by atoms with Crippen LogP contribution in [0.4, 0.5) is 0 Å². The molecule has 27 heavy (non-hydrogen) atoms. The summed E-state index contributed by atoms with van der Waals surface area (Å²) >= 11 is 1.36. The molecule has 8 heteroatoms. The van der Waals surface area contributed by atoms with E-state index in [0.29, 0.717) is 17.9 Å². The molecule has 2 aromatic heterocycles. The monoisotopic (exact) mass is 382 g/mol. The molecular formula is C19H18N4O3S. The highest BCUT2D eigenvalue weighted by Crippen LogP contribution is 2.32. The molecule has 1 N–H and O–H groups in total. The van der Waals surface area contributed by atoms with Crippen LogP contribution >= 0.6 is 11.3 Å². The number of esters is 1. The van der Waals surface area contributed by atoms with Gasteiger partial charge in [0.1, 0.15) is 10.6 Å². The Balaban J connectivity index is 1.68. The average molecular weight is 382 g/mol. The molecule has 0 saturated heterocycles. The lowest BCUT2D eigenvalue weighted by atomic mass is 10.1. The van der Waals surface area contributed by atoms with Crippen LogP contribution in [0.1, 0.15) is 28.6 Å². The number of aromatic amines is 1. The lowest BCUT2D eigenvalue weighted by molar-refractivity contribution is 0.0731. The maximum atomic E-state index is 12.3. The Morgan fingerprint density at radius 3 is 2.81 bits per heavy atom. The molecule has 0 spiro atoms. The summed E-state index contributed by atoms with van der Waals surface area (Å²) in [5.41, 5.74) is 1.83. The third kappa shape index (κ3) is 4.71. The van der Waals surface area contributed by atoms with Gasteiger partial charge in [-0.1, -0.05) is 17.2 Å². The maximum absolute atomic E-state index is 12.3. The number of nitrogens with one attached hydrogen (secondary N) is 1. The number of aromatic nitrogens is 3. The molecule has 1 aromatic carbocycles. The summed E-state index contributed by atoms with van der Waals surface area (Å²) in [4.78, 5) is 13.8.